The quantitative estimate of drug-likeness (QED) is 0.269. The van der Waals surface area contributed by atoms with Crippen LogP contribution in [0.3, 0.4) is 0 Å². The minimum atomic E-state index is -0.599. The lowest BCUT2D eigenvalue weighted by atomic mass is 9.98. The standard InChI is InChI=1S/C24H15ClO4/c25-17-9-6-15(7-10-17)8-12-20(26)23-21(27)13-11-18-19(14-22(28)29-24(18)23)16-4-2-1-3-5-16/h1-14,27H/b12-8+. The first-order valence-corrected chi connectivity index (χ1v) is 9.24. The Morgan fingerprint density at radius 3 is 2.41 bits per heavy atom. The highest BCUT2D eigenvalue weighted by molar-refractivity contribution is 6.30. The molecule has 4 rings (SSSR count). The van der Waals surface area contributed by atoms with Crippen LogP contribution in [0.1, 0.15) is 15.9 Å². The van der Waals surface area contributed by atoms with Gasteiger partial charge in [0.25, 0.3) is 0 Å². The van der Waals surface area contributed by atoms with Gasteiger partial charge in [0.15, 0.2) is 11.4 Å². The van der Waals surface area contributed by atoms with Gasteiger partial charge in [0.05, 0.1) is 0 Å². The van der Waals surface area contributed by atoms with Crippen molar-refractivity contribution in [3.8, 4) is 16.9 Å². The third-order valence-corrected chi connectivity index (χ3v) is 4.77. The zero-order valence-electron chi connectivity index (χ0n) is 15.1. The summed E-state index contributed by atoms with van der Waals surface area (Å²) in [5.74, 6) is -0.729. The van der Waals surface area contributed by atoms with Crippen molar-refractivity contribution in [2.45, 2.75) is 0 Å². The molecular formula is C24H15ClO4. The van der Waals surface area contributed by atoms with E-state index < -0.39 is 11.4 Å². The van der Waals surface area contributed by atoms with Crippen molar-refractivity contribution in [1.82, 2.24) is 0 Å². The number of phenolic OH excluding ortho intramolecular Hbond substituents is 1. The van der Waals surface area contributed by atoms with E-state index in [0.29, 0.717) is 16.0 Å². The summed E-state index contributed by atoms with van der Waals surface area (Å²) in [6.07, 6.45) is 2.93. The van der Waals surface area contributed by atoms with Crippen molar-refractivity contribution >= 4 is 34.4 Å². The maximum absolute atomic E-state index is 12.8. The molecule has 5 heteroatoms. The van der Waals surface area contributed by atoms with Crippen LogP contribution in [0.15, 0.2) is 88.1 Å². The SMILES string of the molecule is O=C(/C=C/c1ccc(Cl)cc1)c1c(O)ccc2c(-c3ccccc3)cc(=O)oc12. The minimum absolute atomic E-state index is 0.0532. The maximum Gasteiger partial charge on any atom is 0.336 e. The van der Waals surface area contributed by atoms with E-state index in [0.717, 1.165) is 11.1 Å². The summed E-state index contributed by atoms with van der Waals surface area (Å²) in [5.41, 5.74) is 1.62. The highest BCUT2D eigenvalue weighted by atomic mass is 35.5. The summed E-state index contributed by atoms with van der Waals surface area (Å²) in [5, 5.41) is 11.5. The predicted octanol–water partition coefficient (Wildman–Crippen LogP) is 5.72. The van der Waals surface area contributed by atoms with Crippen molar-refractivity contribution in [3.05, 3.63) is 105 Å². The number of hydrogen-bond acceptors (Lipinski definition) is 4. The monoisotopic (exact) mass is 402 g/mol. The number of halogens is 1. The second kappa shape index (κ2) is 7.78. The van der Waals surface area contributed by atoms with Gasteiger partial charge in [0.1, 0.15) is 11.3 Å². The summed E-state index contributed by atoms with van der Waals surface area (Å²) in [7, 11) is 0. The molecule has 0 aliphatic carbocycles. The van der Waals surface area contributed by atoms with Crippen LogP contribution in [-0.2, 0) is 0 Å². The van der Waals surface area contributed by atoms with Gasteiger partial charge in [-0.3, -0.25) is 4.79 Å². The van der Waals surface area contributed by atoms with E-state index in [9.17, 15) is 14.7 Å². The maximum atomic E-state index is 12.8. The van der Waals surface area contributed by atoms with Gasteiger partial charge >= 0.3 is 5.63 Å². The molecule has 0 atom stereocenters. The van der Waals surface area contributed by atoms with Crippen LogP contribution in [0.25, 0.3) is 28.2 Å². The molecule has 0 aliphatic rings. The number of allylic oxidation sites excluding steroid dienone is 1. The molecule has 0 aliphatic heterocycles. The Balaban J connectivity index is 1.85. The van der Waals surface area contributed by atoms with Crippen molar-refractivity contribution in [3.63, 3.8) is 0 Å². The lowest BCUT2D eigenvalue weighted by Gasteiger charge is -2.09. The van der Waals surface area contributed by atoms with E-state index in [1.807, 2.05) is 30.3 Å². The Labute approximate surface area is 171 Å². The second-order valence-corrected chi connectivity index (χ2v) is 6.87. The highest BCUT2D eigenvalue weighted by Gasteiger charge is 2.18. The van der Waals surface area contributed by atoms with Crippen LogP contribution >= 0.6 is 11.6 Å². The van der Waals surface area contributed by atoms with Gasteiger partial charge in [-0.2, -0.15) is 0 Å². The van der Waals surface area contributed by atoms with Crippen LogP contribution in [0, 0.1) is 0 Å². The lowest BCUT2D eigenvalue weighted by Crippen LogP contribution is -2.03. The fraction of sp³-hybridized carbons (Fsp3) is 0. The molecule has 4 nitrogen and oxygen atoms in total. The average molecular weight is 403 g/mol. The van der Waals surface area contributed by atoms with E-state index >= 15 is 0 Å². The molecule has 0 unspecified atom stereocenters. The summed E-state index contributed by atoms with van der Waals surface area (Å²) in [6.45, 7) is 0. The predicted molar refractivity (Wildman–Crippen MR) is 114 cm³/mol. The Hall–Kier alpha value is -3.63. The fourth-order valence-electron chi connectivity index (χ4n) is 3.14. The first-order chi connectivity index (χ1) is 14.0. The van der Waals surface area contributed by atoms with E-state index in [2.05, 4.69) is 0 Å². The van der Waals surface area contributed by atoms with Crippen molar-refractivity contribution in [2.24, 2.45) is 0 Å². The van der Waals surface area contributed by atoms with Gasteiger partial charge in [-0.15, -0.1) is 0 Å². The average Bonchev–Trinajstić information content (AvgIpc) is 2.73. The van der Waals surface area contributed by atoms with Gasteiger partial charge < -0.3 is 9.52 Å². The summed E-state index contributed by atoms with van der Waals surface area (Å²) < 4.78 is 5.34. The number of aromatic hydroxyl groups is 1. The van der Waals surface area contributed by atoms with Crippen LogP contribution in [-0.4, -0.2) is 10.9 Å². The molecule has 3 aromatic carbocycles. The molecule has 1 aromatic heterocycles. The van der Waals surface area contributed by atoms with Crippen molar-refractivity contribution in [2.75, 3.05) is 0 Å². The molecule has 4 aromatic rings. The first kappa shape index (κ1) is 18.7. The van der Waals surface area contributed by atoms with Crippen LogP contribution in [0.4, 0.5) is 0 Å². The van der Waals surface area contributed by atoms with E-state index in [1.165, 1.54) is 18.2 Å². The van der Waals surface area contributed by atoms with E-state index in [-0.39, 0.29) is 16.9 Å². The molecule has 1 N–H and O–H groups in total. The Morgan fingerprint density at radius 2 is 1.69 bits per heavy atom. The molecule has 0 saturated carbocycles. The molecule has 0 fully saturated rings. The first-order valence-electron chi connectivity index (χ1n) is 8.86. The number of ketones is 1. The van der Waals surface area contributed by atoms with E-state index in [1.54, 1.807) is 36.4 Å². The molecule has 29 heavy (non-hydrogen) atoms. The normalized spacial score (nSPS) is 11.2. The van der Waals surface area contributed by atoms with Crippen molar-refractivity contribution in [1.29, 1.82) is 0 Å². The third kappa shape index (κ3) is 3.84. The molecule has 0 saturated heterocycles. The molecule has 0 radical (unpaired) electrons. The van der Waals surface area contributed by atoms with Crippen molar-refractivity contribution < 1.29 is 14.3 Å². The molecule has 0 bridgehead atoms. The Morgan fingerprint density at radius 1 is 0.966 bits per heavy atom. The van der Waals surface area contributed by atoms with E-state index in [4.69, 9.17) is 16.0 Å². The number of carbonyl (C=O) groups is 1. The fourth-order valence-corrected chi connectivity index (χ4v) is 3.27. The van der Waals surface area contributed by atoms with Crippen LogP contribution in [0.5, 0.6) is 5.75 Å². The van der Waals surface area contributed by atoms with Gasteiger partial charge in [-0.05, 0) is 47.0 Å². The zero-order chi connectivity index (χ0) is 20.4. The molecule has 0 amide bonds. The summed E-state index contributed by atoms with van der Waals surface area (Å²) in [6, 6.07) is 20.7. The van der Waals surface area contributed by atoms with Crippen LogP contribution < -0.4 is 5.63 Å². The highest BCUT2D eigenvalue weighted by Crippen LogP contribution is 2.33. The minimum Gasteiger partial charge on any atom is -0.507 e. The number of hydrogen-bond donors (Lipinski definition) is 1. The number of carbonyl (C=O) groups excluding carboxylic acids is 1. The second-order valence-electron chi connectivity index (χ2n) is 6.43. The van der Waals surface area contributed by atoms with Crippen LogP contribution in [0.2, 0.25) is 5.02 Å². The third-order valence-electron chi connectivity index (χ3n) is 4.52. The lowest BCUT2D eigenvalue weighted by molar-refractivity contribution is 0.104. The number of phenols is 1. The number of rotatable bonds is 4. The summed E-state index contributed by atoms with van der Waals surface area (Å²) in [4.78, 5) is 25.0. The molecule has 0 spiro atoms. The Bertz CT molecular complexity index is 1290. The van der Waals surface area contributed by atoms with Gasteiger partial charge in [-0.1, -0.05) is 60.1 Å². The Kier molecular flexibility index (Phi) is 5.02. The van der Waals surface area contributed by atoms with Gasteiger partial charge in [0.2, 0.25) is 0 Å². The number of benzene rings is 3. The number of fused-ring (bicyclic) bond motifs is 1. The molecular weight excluding hydrogens is 388 g/mol. The van der Waals surface area contributed by atoms with Gasteiger partial charge in [0, 0.05) is 16.5 Å². The topological polar surface area (TPSA) is 67.5 Å². The molecule has 1 heterocycles. The molecule has 142 valence electrons. The zero-order valence-corrected chi connectivity index (χ0v) is 15.9. The summed E-state index contributed by atoms with van der Waals surface area (Å²) >= 11 is 5.87. The smallest absolute Gasteiger partial charge is 0.336 e. The largest absolute Gasteiger partial charge is 0.507 e. The van der Waals surface area contributed by atoms with Gasteiger partial charge in [-0.25, -0.2) is 4.79 Å².